The molecule has 1 aliphatic heterocycles. The van der Waals surface area contributed by atoms with Crippen LogP contribution in [0.5, 0.6) is 0 Å². The summed E-state index contributed by atoms with van der Waals surface area (Å²) in [7, 11) is 0. The number of piperazine rings is 1. The molecule has 0 aromatic carbocycles. The molecule has 0 aromatic rings. The molecule has 4 nitrogen and oxygen atoms in total. The van der Waals surface area contributed by atoms with Gasteiger partial charge in [0.15, 0.2) is 0 Å². The van der Waals surface area contributed by atoms with Gasteiger partial charge in [-0.05, 0) is 13.0 Å². The lowest BCUT2D eigenvalue weighted by atomic mass is 10.1. The molecule has 0 aromatic heterocycles. The zero-order valence-electron chi connectivity index (χ0n) is 10.4. The maximum atomic E-state index is 11.1. The van der Waals surface area contributed by atoms with Gasteiger partial charge in [-0.25, -0.2) is 0 Å². The summed E-state index contributed by atoms with van der Waals surface area (Å²) in [5.74, 6) is 0.517. The van der Waals surface area contributed by atoms with Gasteiger partial charge in [-0.2, -0.15) is 0 Å². The zero-order valence-corrected chi connectivity index (χ0v) is 10.4. The van der Waals surface area contributed by atoms with E-state index in [1.165, 1.54) is 0 Å². The summed E-state index contributed by atoms with van der Waals surface area (Å²) in [4.78, 5) is 26.5. The first-order valence-electron chi connectivity index (χ1n) is 6.13. The second-order valence-corrected chi connectivity index (χ2v) is 4.34. The lowest BCUT2D eigenvalue weighted by Gasteiger charge is -2.34. The Morgan fingerprint density at radius 3 is 2.25 bits per heavy atom. The molecule has 0 bridgehead atoms. The quantitative estimate of drug-likeness (QED) is 0.699. The van der Waals surface area contributed by atoms with Crippen molar-refractivity contribution in [1.29, 1.82) is 0 Å². The Morgan fingerprint density at radius 2 is 1.75 bits per heavy atom. The molecule has 1 saturated heterocycles. The molecule has 1 amide bonds. The molecule has 1 fully saturated rings. The van der Waals surface area contributed by atoms with Gasteiger partial charge in [-0.1, -0.05) is 6.92 Å². The number of hydrogen-bond acceptors (Lipinski definition) is 3. The minimum absolute atomic E-state index is 0.167. The summed E-state index contributed by atoms with van der Waals surface area (Å²) in [6, 6.07) is 0. The largest absolute Gasteiger partial charge is 0.340 e. The van der Waals surface area contributed by atoms with E-state index >= 15 is 0 Å². The van der Waals surface area contributed by atoms with Crippen LogP contribution >= 0.6 is 0 Å². The number of Topliss-reactive ketones (excluding diaryl/α,β-unsaturated/α-hetero) is 1. The molecular weight excluding hydrogens is 204 g/mol. The minimum atomic E-state index is 0.167. The van der Waals surface area contributed by atoms with Crippen LogP contribution in [-0.2, 0) is 9.59 Å². The van der Waals surface area contributed by atoms with E-state index < -0.39 is 0 Å². The first kappa shape index (κ1) is 13.2. The lowest BCUT2D eigenvalue weighted by molar-refractivity contribution is -0.130. The van der Waals surface area contributed by atoms with Crippen molar-refractivity contribution in [1.82, 2.24) is 9.80 Å². The molecule has 0 saturated carbocycles. The monoisotopic (exact) mass is 226 g/mol. The Morgan fingerprint density at radius 1 is 1.12 bits per heavy atom. The average Bonchev–Trinajstić information content (AvgIpc) is 2.29. The van der Waals surface area contributed by atoms with E-state index in [1.54, 1.807) is 6.92 Å². The molecule has 0 unspecified atom stereocenters. The highest BCUT2D eigenvalue weighted by Crippen LogP contribution is 2.04. The first-order valence-corrected chi connectivity index (χ1v) is 6.13. The fraction of sp³-hybridized carbons (Fsp3) is 0.833. The number of nitrogens with zero attached hydrogens (tertiary/aromatic N) is 2. The van der Waals surface area contributed by atoms with Crippen LogP contribution in [0.15, 0.2) is 0 Å². The van der Waals surface area contributed by atoms with Crippen LogP contribution in [-0.4, -0.2) is 54.2 Å². The summed E-state index contributed by atoms with van der Waals surface area (Å²) in [6.07, 6.45) is 2.30. The predicted octanol–water partition coefficient (Wildman–Crippen LogP) is 0.910. The van der Waals surface area contributed by atoms with Gasteiger partial charge in [0.2, 0.25) is 5.91 Å². The fourth-order valence-corrected chi connectivity index (χ4v) is 1.96. The van der Waals surface area contributed by atoms with Gasteiger partial charge in [-0.15, -0.1) is 0 Å². The SMILES string of the molecule is CCC(=O)CCCN1CCN(C(C)=O)CC1. The lowest BCUT2D eigenvalue weighted by Crippen LogP contribution is -2.48. The summed E-state index contributed by atoms with van der Waals surface area (Å²) in [5.41, 5.74) is 0. The van der Waals surface area contributed by atoms with Gasteiger partial charge in [-0.3, -0.25) is 14.5 Å². The van der Waals surface area contributed by atoms with Crippen LogP contribution in [0.25, 0.3) is 0 Å². The van der Waals surface area contributed by atoms with E-state index in [9.17, 15) is 9.59 Å². The standard InChI is InChI=1S/C12H22N2O2/c1-3-12(16)5-4-6-13-7-9-14(10-8-13)11(2)15/h3-10H2,1-2H3. The molecular formula is C12H22N2O2. The van der Waals surface area contributed by atoms with Crippen molar-refractivity contribution < 1.29 is 9.59 Å². The van der Waals surface area contributed by atoms with Gasteiger partial charge in [0.25, 0.3) is 0 Å². The number of rotatable bonds is 5. The minimum Gasteiger partial charge on any atom is -0.340 e. The molecule has 0 spiro atoms. The third-order valence-corrected chi connectivity index (χ3v) is 3.14. The predicted molar refractivity (Wildman–Crippen MR) is 63.2 cm³/mol. The van der Waals surface area contributed by atoms with Gasteiger partial charge in [0.05, 0.1) is 0 Å². The molecule has 1 rings (SSSR count). The van der Waals surface area contributed by atoms with E-state index in [-0.39, 0.29) is 5.91 Å². The average molecular weight is 226 g/mol. The van der Waals surface area contributed by atoms with Crippen molar-refractivity contribution in [3.8, 4) is 0 Å². The third-order valence-electron chi connectivity index (χ3n) is 3.14. The van der Waals surface area contributed by atoms with Crippen LogP contribution in [0.2, 0.25) is 0 Å². The highest BCUT2D eigenvalue weighted by atomic mass is 16.2. The van der Waals surface area contributed by atoms with Crippen LogP contribution < -0.4 is 0 Å². The molecule has 0 atom stereocenters. The van der Waals surface area contributed by atoms with Crippen LogP contribution in [0.4, 0.5) is 0 Å². The highest BCUT2D eigenvalue weighted by molar-refractivity contribution is 5.77. The molecule has 92 valence electrons. The second kappa shape index (κ2) is 6.63. The van der Waals surface area contributed by atoms with Crippen molar-refractivity contribution in [2.75, 3.05) is 32.7 Å². The number of hydrogen-bond donors (Lipinski definition) is 0. The molecule has 0 aliphatic carbocycles. The molecule has 4 heteroatoms. The Kier molecular flexibility index (Phi) is 5.46. The third kappa shape index (κ3) is 4.31. The number of amides is 1. The van der Waals surface area contributed by atoms with Crippen LogP contribution in [0.1, 0.15) is 33.1 Å². The van der Waals surface area contributed by atoms with Crippen molar-refractivity contribution in [2.24, 2.45) is 0 Å². The number of carbonyl (C=O) groups excluding carboxylic acids is 2. The summed E-state index contributed by atoms with van der Waals surface area (Å²) in [5, 5.41) is 0. The second-order valence-electron chi connectivity index (χ2n) is 4.34. The molecule has 0 N–H and O–H groups in total. The molecule has 1 aliphatic rings. The van der Waals surface area contributed by atoms with E-state index in [0.717, 1.165) is 39.1 Å². The van der Waals surface area contributed by atoms with Gasteiger partial charge >= 0.3 is 0 Å². The molecule has 1 heterocycles. The Balaban J connectivity index is 2.13. The van der Waals surface area contributed by atoms with E-state index in [1.807, 2.05) is 11.8 Å². The topological polar surface area (TPSA) is 40.6 Å². The normalized spacial score (nSPS) is 17.5. The van der Waals surface area contributed by atoms with Crippen molar-refractivity contribution in [3.63, 3.8) is 0 Å². The van der Waals surface area contributed by atoms with Gasteiger partial charge < -0.3 is 4.90 Å². The summed E-state index contributed by atoms with van der Waals surface area (Å²) >= 11 is 0. The Bertz CT molecular complexity index is 245. The summed E-state index contributed by atoms with van der Waals surface area (Å²) in [6.45, 7) is 8.06. The maximum absolute atomic E-state index is 11.1. The van der Waals surface area contributed by atoms with Crippen molar-refractivity contribution in [3.05, 3.63) is 0 Å². The van der Waals surface area contributed by atoms with Crippen LogP contribution in [0.3, 0.4) is 0 Å². The van der Waals surface area contributed by atoms with Crippen molar-refractivity contribution >= 4 is 11.7 Å². The highest BCUT2D eigenvalue weighted by Gasteiger charge is 2.17. The first-order chi connectivity index (χ1) is 7.63. The van der Waals surface area contributed by atoms with Crippen molar-refractivity contribution in [2.45, 2.75) is 33.1 Å². The van der Waals surface area contributed by atoms with E-state index in [4.69, 9.17) is 0 Å². The number of ketones is 1. The van der Waals surface area contributed by atoms with E-state index in [2.05, 4.69) is 4.90 Å². The zero-order chi connectivity index (χ0) is 12.0. The Hall–Kier alpha value is -0.900. The van der Waals surface area contributed by atoms with Gasteiger partial charge in [0, 0.05) is 45.9 Å². The Labute approximate surface area is 97.6 Å². The molecule has 0 radical (unpaired) electrons. The maximum Gasteiger partial charge on any atom is 0.219 e. The van der Waals surface area contributed by atoms with E-state index in [0.29, 0.717) is 18.6 Å². The van der Waals surface area contributed by atoms with Gasteiger partial charge in [0.1, 0.15) is 5.78 Å². The smallest absolute Gasteiger partial charge is 0.219 e. The summed E-state index contributed by atoms with van der Waals surface area (Å²) < 4.78 is 0. The fourth-order valence-electron chi connectivity index (χ4n) is 1.96. The molecule has 16 heavy (non-hydrogen) atoms. The van der Waals surface area contributed by atoms with Crippen LogP contribution in [0, 0.1) is 0 Å². The number of carbonyl (C=O) groups is 2.